The molecule has 2 heterocycles. The van der Waals surface area contributed by atoms with Crippen LogP contribution in [-0.2, 0) is 0 Å². The fourth-order valence-corrected chi connectivity index (χ4v) is 4.55. The second kappa shape index (κ2) is 9.34. The largest absolute Gasteiger partial charge is 0.507 e. The molecular formula is C23H26N4O3S. The summed E-state index contributed by atoms with van der Waals surface area (Å²) in [5.41, 5.74) is 2.45. The summed E-state index contributed by atoms with van der Waals surface area (Å²) >= 11 is 1.35. The first-order valence-electron chi connectivity index (χ1n) is 10.6. The summed E-state index contributed by atoms with van der Waals surface area (Å²) < 4.78 is 1.45. The van der Waals surface area contributed by atoms with E-state index in [0.29, 0.717) is 34.3 Å². The number of rotatable bonds is 6. The molecule has 3 N–H and O–H groups in total. The number of benzene rings is 1. The lowest BCUT2D eigenvalue weighted by molar-refractivity contribution is 0.103. The molecule has 1 aliphatic carbocycles. The van der Waals surface area contributed by atoms with Gasteiger partial charge in [-0.2, -0.15) is 9.78 Å². The topological polar surface area (TPSA) is 96.3 Å². The molecule has 4 rings (SSSR count). The van der Waals surface area contributed by atoms with Crippen molar-refractivity contribution in [3.05, 3.63) is 52.3 Å². The van der Waals surface area contributed by atoms with Crippen molar-refractivity contribution < 1.29 is 14.7 Å². The summed E-state index contributed by atoms with van der Waals surface area (Å²) in [6, 6.07) is 10.2. The molecule has 1 aliphatic rings. The number of phenols is 1. The van der Waals surface area contributed by atoms with Crippen LogP contribution in [0, 0.1) is 0 Å². The Morgan fingerprint density at radius 3 is 2.71 bits per heavy atom. The number of phenolic OH excluding ortho intramolecular Hbond substituents is 1. The zero-order valence-electron chi connectivity index (χ0n) is 17.4. The van der Waals surface area contributed by atoms with E-state index in [1.807, 2.05) is 24.4 Å². The zero-order valence-corrected chi connectivity index (χ0v) is 18.2. The smallest absolute Gasteiger partial charge is 0.342 e. The number of hydrogen-bond donors (Lipinski definition) is 3. The third kappa shape index (κ3) is 4.64. The monoisotopic (exact) mass is 438 g/mol. The Balaban J connectivity index is 1.61. The van der Waals surface area contributed by atoms with Crippen LogP contribution in [0.25, 0.3) is 11.3 Å². The highest BCUT2D eigenvalue weighted by atomic mass is 32.1. The lowest BCUT2D eigenvalue weighted by atomic mass is 10.0. The van der Waals surface area contributed by atoms with E-state index in [1.165, 1.54) is 22.1 Å². The Morgan fingerprint density at radius 1 is 1.23 bits per heavy atom. The van der Waals surface area contributed by atoms with Gasteiger partial charge in [0.25, 0.3) is 5.91 Å². The number of carbonyl (C=O) groups excluding carboxylic acids is 2. The molecule has 0 bridgehead atoms. The average Bonchev–Trinajstić information content (AvgIpc) is 3.53. The summed E-state index contributed by atoms with van der Waals surface area (Å²) in [7, 11) is 0. The number of nitrogens with zero attached hydrogens (tertiary/aromatic N) is 2. The van der Waals surface area contributed by atoms with Gasteiger partial charge in [0.1, 0.15) is 5.75 Å². The molecule has 3 aromatic rings. The normalized spacial score (nSPS) is 14.0. The van der Waals surface area contributed by atoms with Crippen LogP contribution in [0.4, 0.5) is 10.5 Å². The Kier molecular flexibility index (Phi) is 6.36. The first-order chi connectivity index (χ1) is 15.1. The lowest BCUT2D eigenvalue weighted by Gasteiger charge is -2.11. The molecule has 31 heavy (non-hydrogen) atoms. The van der Waals surface area contributed by atoms with E-state index in [4.69, 9.17) is 0 Å². The van der Waals surface area contributed by atoms with Gasteiger partial charge in [-0.15, -0.1) is 11.3 Å². The van der Waals surface area contributed by atoms with E-state index >= 15 is 0 Å². The summed E-state index contributed by atoms with van der Waals surface area (Å²) in [5.74, 6) is 0.0724. The zero-order chi connectivity index (χ0) is 21.8. The van der Waals surface area contributed by atoms with Gasteiger partial charge in [-0.3, -0.25) is 4.79 Å². The molecule has 0 atom stereocenters. The van der Waals surface area contributed by atoms with Gasteiger partial charge in [-0.1, -0.05) is 25.8 Å². The SMILES string of the molecule is CCCNC(=O)n1nc(-c2ccc(NC(=O)c3cccs3)cc2O)cc1C1CCCC1. The molecule has 1 saturated carbocycles. The van der Waals surface area contributed by atoms with Crippen molar-refractivity contribution in [3.8, 4) is 17.0 Å². The minimum Gasteiger partial charge on any atom is -0.507 e. The van der Waals surface area contributed by atoms with E-state index < -0.39 is 0 Å². The van der Waals surface area contributed by atoms with Crippen molar-refractivity contribution in [1.29, 1.82) is 0 Å². The highest BCUT2D eigenvalue weighted by Crippen LogP contribution is 2.38. The highest BCUT2D eigenvalue weighted by molar-refractivity contribution is 7.12. The average molecular weight is 439 g/mol. The number of thiophene rings is 1. The van der Waals surface area contributed by atoms with Crippen LogP contribution in [-0.4, -0.2) is 33.4 Å². The second-order valence-electron chi connectivity index (χ2n) is 7.74. The molecule has 0 aliphatic heterocycles. The predicted molar refractivity (Wildman–Crippen MR) is 122 cm³/mol. The van der Waals surface area contributed by atoms with E-state index in [1.54, 1.807) is 18.2 Å². The van der Waals surface area contributed by atoms with Crippen molar-refractivity contribution in [1.82, 2.24) is 15.1 Å². The van der Waals surface area contributed by atoms with Gasteiger partial charge in [0.15, 0.2) is 0 Å². The summed E-state index contributed by atoms with van der Waals surface area (Å²) in [6.45, 7) is 2.59. The van der Waals surface area contributed by atoms with Gasteiger partial charge in [-0.25, -0.2) is 4.79 Å². The van der Waals surface area contributed by atoms with E-state index in [2.05, 4.69) is 15.7 Å². The van der Waals surface area contributed by atoms with E-state index in [9.17, 15) is 14.7 Å². The van der Waals surface area contributed by atoms with Crippen molar-refractivity contribution in [3.63, 3.8) is 0 Å². The predicted octanol–water partition coefficient (Wildman–Crippen LogP) is 5.19. The van der Waals surface area contributed by atoms with Crippen LogP contribution in [0.15, 0.2) is 41.8 Å². The number of nitrogens with one attached hydrogen (secondary N) is 2. The highest BCUT2D eigenvalue weighted by Gasteiger charge is 2.26. The third-order valence-corrected chi connectivity index (χ3v) is 6.37. The molecule has 1 aromatic carbocycles. The van der Waals surface area contributed by atoms with Crippen LogP contribution in [0.3, 0.4) is 0 Å². The summed E-state index contributed by atoms with van der Waals surface area (Å²) in [4.78, 5) is 25.5. The molecule has 8 heteroatoms. The standard InChI is InChI=1S/C23H26N4O3S/c1-2-11-24-23(30)27-19(15-6-3-4-7-15)14-18(26-27)17-10-9-16(13-20(17)28)25-22(29)21-8-5-12-31-21/h5,8-10,12-15,28H,2-4,6-7,11H2,1H3,(H,24,30)(H,25,29). The number of anilines is 1. The molecule has 0 saturated heterocycles. The van der Waals surface area contributed by atoms with Gasteiger partial charge < -0.3 is 15.7 Å². The number of aromatic nitrogens is 2. The van der Waals surface area contributed by atoms with Crippen molar-refractivity contribution in [2.45, 2.75) is 44.9 Å². The second-order valence-corrected chi connectivity index (χ2v) is 8.69. The third-order valence-electron chi connectivity index (χ3n) is 5.51. The van der Waals surface area contributed by atoms with Gasteiger partial charge in [0.05, 0.1) is 16.3 Å². The number of hydrogen-bond acceptors (Lipinski definition) is 5. The molecule has 1 fully saturated rings. The molecular weight excluding hydrogens is 412 g/mol. The fraction of sp³-hybridized carbons (Fsp3) is 0.348. The molecule has 7 nitrogen and oxygen atoms in total. The Morgan fingerprint density at radius 2 is 2.03 bits per heavy atom. The summed E-state index contributed by atoms with van der Waals surface area (Å²) in [6.07, 6.45) is 5.20. The maximum atomic E-state index is 12.7. The molecule has 2 amide bonds. The number of amides is 2. The maximum Gasteiger partial charge on any atom is 0.342 e. The molecule has 0 unspecified atom stereocenters. The van der Waals surface area contributed by atoms with Crippen LogP contribution in [0.1, 0.15) is 60.3 Å². The van der Waals surface area contributed by atoms with Crippen LogP contribution in [0.2, 0.25) is 0 Å². The molecule has 2 aromatic heterocycles. The van der Waals surface area contributed by atoms with Gasteiger partial charge >= 0.3 is 6.03 Å². The van der Waals surface area contributed by atoms with Crippen molar-refractivity contribution >= 4 is 29.0 Å². The molecule has 162 valence electrons. The van der Waals surface area contributed by atoms with Gasteiger partial charge in [0, 0.05) is 29.8 Å². The Hall–Kier alpha value is -3.13. The number of carbonyl (C=O) groups is 2. The first-order valence-corrected chi connectivity index (χ1v) is 11.5. The summed E-state index contributed by atoms with van der Waals surface area (Å²) in [5, 5.41) is 22.7. The molecule has 0 radical (unpaired) electrons. The Bertz CT molecular complexity index is 1070. The van der Waals surface area contributed by atoms with E-state index in [-0.39, 0.29) is 17.7 Å². The van der Waals surface area contributed by atoms with Crippen LogP contribution in [0.5, 0.6) is 5.75 Å². The van der Waals surface area contributed by atoms with Crippen LogP contribution >= 0.6 is 11.3 Å². The van der Waals surface area contributed by atoms with Crippen molar-refractivity contribution in [2.24, 2.45) is 0 Å². The Labute approximate surface area is 185 Å². The molecule has 0 spiro atoms. The van der Waals surface area contributed by atoms with Gasteiger partial charge in [-0.05, 0) is 48.9 Å². The number of aromatic hydroxyl groups is 1. The lowest BCUT2D eigenvalue weighted by Crippen LogP contribution is -2.31. The fourth-order valence-electron chi connectivity index (χ4n) is 3.94. The quantitative estimate of drug-likeness (QED) is 0.493. The minimum atomic E-state index is -0.241. The maximum absolute atomic E-state index is 12.7. The van der Waals surface area contributed by atoms with Crippen molar-refractivity contribution in [2.75, 3.05) is 11.9 Å². The van der Waals surface area contributed by atoms with Crippen LogP contribution < -0.4 is 10.6 Å². The first kappa shape index (κ1) is 21.1. The van der Waals surface area contributed by atoms with Gasteiger partial charge in [0.2, 0.25) is 0 Å². The minimum absolute atomic E-state index is 0.000526. The van der Waals surface area contributed by atoms with E-state index in [0.717, 1.165) is 37.8 Å².